The lowest BCUT2D eigenvalue weighted by Gasteiger charge is -2.44. The molecular weight excluding hydrogens is 462 g/mol. The van der Waals surface area contributed by atoms with Gasteiger partial charge in [-0.25, -0.2) is 8.42 Å². The second-order valence-electron chi connectivity index (χ2n) is 9.26. The van der Waals surface area contributed by atoms with E-state index in [9.17, 15) is 18.0 Å². The van der Waals surface area contributed by atoms with E-state index in [4.69, 9.17) is 4.74 Å². The first kappa shape index (κ1) is 23.1. The molecule has 4 aliphatic rings. The third-order valence-corrected chi connectivity index (χ3v) is 10.3. The minimum absolute atomic E-state index is 0.0285. The van der Waals surface area contributed by atoms with Gasteiger partial charge in [0.05, 0.1) is 29.5 Å². The summed E-state index contributed by atoms with van der Waals surface area (Å²) in [7, 11) is -3.69. The molecule has 3 aliphatic heterocycles. The summed E-state index contributed by atoms with van der Waals surface area (Å²) in [4.78, 5) is 30.7. The van der Waals surface area contributed by atoms with Crippen molar-refractivity contribution in [1.29, 1.82) is 0 Å². The van der Waals surface area contributed by atoms with Crippen LogP contribution in [0.25, 0.3) is 0 Å². The van der Waals surface area contributed by atoms with Gasteiger partial charge in [-0.2, -0.15) is 4.31 Å². The lowest BCUT2D eigenvalue weighted by atomic mass is 9.78. The van der Waals surface area contributed by atoms with Gasteiger partial charge in [0.15, 0.2) is 0 Å². The van der Waals surface area contributed by atoms with Crippen LogP contribution in [0.4, 0.5) is 5.69 Å². The van der Waals surface area contributed by atoms with Crippen LogP contribution in [0.15, 0.2) is 28.0 Å². The van der Waals surface area contributed by atoms with Crippen molar-refractivity contribution >= 4 is 39.3 Å². The highest BCUT2D eigenvalue weighted by Gasteiger charge is 2.38. The molecule has 8 nitrogen and oxygen atoms in total. The zero-order chi connectivity index (χ0) is 23.0. The number of carbonyl (C=O) groups is 2. The predicted molar refractivity (Wildman–Crippen MR) is 126 cm³/mol. The van der Waals surface area contributed by atoms with Crippen LogP contribution in [-0.2, 0) is 24.3 Å². The first-order chi connectivity index (χ1) is 15.9. The highest BCUT2D eigenvalue weighted by atomic mass is 32.2. The first-order valence-electron chi connectivity index (χ1n) is 11.9. The molecule has 0 radical (unpaired) electrons. The normalized spacial score (nSPS) is 26.6. The average Bonchev–Trinajstić information content (AvgIpc) is 2.85. The van der Waals surface area contributed by atoms with Crippen molar-refractivity contribution in [3.8, 4) is 0 Å². The van der Waals surface area contributed by atoms with Gasteiger partial charge in [-0.05, 0) is 49.8 Å². The summed E-state index contributed by atoms with van der Waals surface area (Å²) in [5.41, 5.74) is 0.524. The fraction of sp³-hybridized carbons (Fsp3) is 0.652. The summed E-state index contributed by atoms with van der Waals surface area (Å²) in [6, 6.07) is 5.21. The molecule has 0 N–H and O–H groups in total. The molecule has 1 aliphatic carbocycles. The quantitative estimate of drug-likeness (QED) is 0.640. The molecule has 2 atom stereocenters. The zero-order valence-corrected chi connectivity index (χ0v) is 20.4. The van der Waals surface area contributed by atoms with Gasteiger partial charge in [0.2, 0.25) is 21.8 Å². The predicted octanol–water partition coefficient (Wildman–Crippen LogP) is 2.33. The summed E-state index contributed by atoms with van der Waals surface area (Å²) < 4.78 is 33.1. The number of likely N-dealkylation sites (tertiary alicyclic amines) is 1. The Morgan fingerprint density at radius 2 is 1.82 bits per heavy atom. The van der Waals surface area contributed by atoms with Crippen molar-refractivity contribution in [3.05, 3.63) is 18.2 Å². The number of carbonyl (C=O) groups excluding carboxylic acids is 2. The number of piperidine rings is 1. The molecule has 2 unspecified atom stereocenters. The Balaban J connectivity index is 1.40. The average molecular weight is 494 g/mol. The lowest BCUT2D eigenvalue weighted by Crippen LogP contribution is -2.53. The summed E-state index contributed by atoms with van der Waals surface area (Å²) in [6.45, 7) is 2.08. The molecule has 10 heteroatoms. The van der Waals surface area contributed by atoms with E-state index in [-0.39, 0.29) is 35.0 Å². The number of sulfonamides is 1. The van der Waals surface area contributed by atoms with E-state index in [1.165, 1.54) is 40.2 Å². The third kappa shape index (κ3) is 4.54. The van der Waals surface area contributed by atoms with E-state index in [0.717, 1.165) is 30.7 Å². The molecule has 0 bridgehead atoms. The van der Waals surface area contributed by atoms with Gasteiger partial charge in [-0.1, -0.05) is 12.8 Å². The van der Waals surface area contributed by atoms with E-state index in [1.54, 1.807) is 18.2 Å². The summed E-state index contributed by atoms with van der Waals surface area (Å²) in [5, 5.41) is 0. The van der Waals surface area contributed by atoms with Crippen LogP contribution in [0, 0.1) is 5.92 Å². The Morgan fingerprint density at radius 1 is 1.06 bits per heavy atom. The van der Waals surface area contributed by atoms with Gasteiger partial charge in [0.25, 0.3) is 0 Å². The van der Waals surface area contributed by atoms with E-state index in [0.29, 0.717) is 37.9 Å². The van der Waals surface area contributed by atoms with Crippen LogP contribution >= 0.6 is 11.8 Å². The molecule has 1 aromatic rings. The number of morpholine rings is 1. The standard InChI is InChI=1S/C23H31N3O5S2/c27-22(25-9-3-5-17-4-1-2-6-19(17)25)15-26-20-14-18(7-8-21(20)32-16-23(26)28)33(29,30)24-10-12-31-13-11-24/h7-8,14,17,19H,1-6,9-13,15-16H2. The van der Waals surface area contributed by atoms with Crippen LogP contribution in [0.1, 0.15) is 38.5 Å². The monoisotopic (exact) mass is 493 g/mol. The van der Waals surface area contributed by atoms with Crippen molar-refractivity contribution in [2.45, 2.75) is 54.4 Å². The lowest BCUT2D eigenvalue weighted by molar-refractivity contribution is -0.137. The molecule has 1 aromatic carbocycles. The number of amides is 2. The smallest absolute Gasteiger partial charge is 0.243 e. The SMILES string of the molecule is O=C1CSc2ccc(S(=O)(=O)N3CCOCC3)cc2N1CC(=O)N1CCCC2CCCCC21. The largest absolute Gasteiger partial charge is 0.379 e. The summed E-state index contributed by atoms with van der Waals surface area (Å²) in [5.74, 6) is 0.641. The highest BCUT2D eigenvalue weighted by molar-refractivity contribution is 8.00. The Bertz CT molecular complexity index is 1020. The molecule has 3 fully saturated rings. The van der Waals surface area contributed by atoms with Crippen LogP contribution in [0.3, 0.4) is 0 Å². The third-order valence-electron chi connectivity index (χ3n) is 7.34. The van der Waals surface area contributed by atoms with Gasteiger partial charge >= 0.3 is 0 Å². The fourth-order valence-electron chi connectivity index (χ4n) is 5.61. The second kappa shape index (κ2) is 9.56. The van der Waals surface area contributed by atoms with Crippen LogP contribution in [-0.4, -0.2) is 80.6 Å². The maximum Gasteiger partial charge on any atom is 0.243 e. The second-order valence-corrected chi connectivity index (χ2v) is 12.2. The maximum absolute atomic E-state index is 13.4. The van der Waals surface area contributed by atoms with Gasteiger partial charge in [-0.3, -0.25) is 9.59 Å². The Labute approximate surface area is 199 Å². The van der Waals surface area contributed by atoms with Crippen LogP contribution in [0.2, 0.25) is 0 Å². The topological polar surface area (TPSA) is 87.2 Å². The van der Waals surface area contributed by atoms with Gasteiger partial charge in [0, 0.05) is 30.6 Å². The van der Waals surface area contributed by atoms with Crippen molar-refractivity contribution in [2.24, 2.45) is 5.92 Å². The Hall–Kier alpha value is -1.62. The number of fused-ring (bicyclic) bond motifs is 2. The van der Waals surface area contributed by atoms with Gasteiger partial charge < -0.3 is 14.5 Å². The minimum atomic E-state index is -3.69. The maximum atomic E-state index is 13.4. The minimum Gasteiger partial charge on any atom is -0.379 e. The fourth-order valence-corrected chi connectivity index (χ4v) is 7.96. The number of hydrogen-bond donors (Lipinski definition) is 0. The molecular formula is C23H31N3O5S2. The first-order valence-corrected chi connectivity index (χ1v) is 14.3. The van der Waals surface area contributed by atoms with E-state index >= 15 is 0 Å². The van der Waals surface area contributed by atoms with Crippen molar-refractivity contribution in [1.82, 2.24) is 9.21 Å². The van der Waals surface area contributed by atoms with Crippen molar-refractivity contribution in [2.75, 3.05) is 50.0 Å². The molecule has 2 amide bonds. The molecule has 1 saturated carbocycles. The zero-order valence-electron chi connectivity index (χ0n) is 18.8. The molecule has 5 rings (SSSR count). The number of hydrogen-bond acceptors (Lipinski definition) is 6. The molecule has 33 heavy (non-hydrogen) atoms. The number of rotatable bonds is 4. The Morgan fingerprint density at radius 3 is 2.64 bits per heavy atom. The van der Waals surface area contributed by atoms with E-state index < -0.39 is 10.0 Å². The van der Waals surface area contributed by atoms with Gasteiger partial charge in [-0.15, -0.1) is 11.8 Å². The number of benzene rings is 1. The molecule has 3 heterocycles. The van der Waals surface area contributed by atoms with E-state index in [2.05, 4.69) is 0 Å². The number of nitrogens with zero attached hydrogens (tertiary/aromatic N) is 3. The summed E-state index contributed by atoms with van der Waals surface area (Å²) in [6.07, 6.45) is 6.79. The molecule has 180 valence electrons. The van der Waals surface area contributed by atoms with Crippen molar-refractivity contribution < 1.29 is 22.7 Å². The molecule has 0 spiro atoms. The number of thioether (sulfide) groups is 1. The molecule has 0 aromatic heterocycles. The highest BCUT2D eigenvalue weighted by Crippen LogP contribution is 2.39. The van der Waals surface area contributed by atoms with Gasteiger partial charge in [0.1, 0.15) is 6.54 Å². The number of anilines is 1. The van der Waals surface area contributed by atoms with E-state index in [1.807, 2.05) is 4.90 Å². The van der Waals surface area contributed by atoms with Crippen molar-refractivity contribution in [3.63, 3.8) is 0 Å². The molecule has 2 saturated heterocycles. The van der Waals surface area contributed by atoms with Crippen LogP contribution < -0.4 is 4.90 Å². The summed E-state index contributed by atoms with van der Waals surface area (Å²) >= 11 is 1.39. The number of ether oxygens (including phenoxy) is 1. The Kier molecular flexibility index (Phi) is 6.70. The van der Waals surface area contributed by atoms with Crippen LogP contribution in [0.5, 0.6) is 0 Å².